The first-order valence-electron chi connectivity index (χ1n) is 12.7. The topological polar surface area (TPSA) is 0 Å². The molecule has 38 heavy (non-hydrogen) atoms. The summed E-state index contributed by atoms with van der Waals surface area (Å²) in [5.41, 5.74) is 4.86. The number of rotatable bonds is 6. The van der Waals surface area contributed by atoms with Gasteiger partial charge in [-0.15, -0.1) is 23.5 Å². The average Bonchev–Trinajstić information content (AvgIpc) is 2.97. The van der Waals surface area contributed by atoms with Gasteiger partial charge in [-0.2, -0.15) is 0 Å². The van der Waals surface area contributed by atoms with Crippen molar-refractivity contribution >= 4 is 80.1 Å². The van der Waals surface area contributed by atoms with Gasteiger partial charge in [0.1, 0.15) is 0 Å². The smallest absolute Gasteiger partial charge is 0.00695 e. The van der Waals surface area contributed by atoms with Crippen LogP contribution in [-0.2, 0) is 0 Å². The second-order valence-electron chi connectivity index (χ2n) is 9.48. The van der Waals surface area contributed by atoms with Crippen LogP contribution < -0.4 is 0 Å². The molecule has 0 nitrogen and oxygen atoms in total. The molecule has 0 saturated heterocycles. The van der Waals surface area contributed by atoms with E-state index in [-0.39, 0.29) is 0 Å². The molecule has 184 valence electrons. The lowest BCUT2D eigenvalue weighted by atomic mass is 9.97. The highest BCUT2D eigenvalue weighted by Gasteiger charge is 2.03. The van der Waals surface area contributed by atoms with Crippen LogP contribution in [0.2, 0.25) is 0 Å². The summed E-state index contributed by atoms with van der Waals surface area (Å²) in [5.74, 6) is 0. The molecule has 6 aromatic rings. The minimum Gasteiger partial charge on any atom is -0.130 e. The van der Waals surface area contributed by atoms with Gasteiger partial charge < -0.3 is 0 Å². The molecule has 0 unspecified atom stereocenters. The van der Waals surface area contributed by atoms with Crippen LogP contribution in [0.3, 0.4) is 0 Å². The van der Waals surface area contributed by atoms with E-state index in [0.717, 1.165) is 0 Å². The molecule has 0 aliphatic heterocycles. The predicted octanol–water partition coefficient (Wildman–Crippen LogP) is 10.9. The summed E-state index contributed by atoms with van der Waals surface area (Å²) < 4.78 is 0. The molecule has 2 heteroatoms. The fourth-order valence-electron chi connectivity index (χ4n) is 4.81. The van der Waals surface area contributed by atoms with E-state index in [9.17, 15) is 0 Å². The second kappa shape index (κ2) is 10.9. The largest absolute Gasteiger partial charge is 0.130 e. The van der Waals surface area contributed by atoms with E-state index in [0.29, 0.717) is 0 Å². The maximum atomic E-state index is 2.32. The molecular formula is C36H28S2. The molecule has 0 radical (unpaired) electrons. The van der Waals surface area contributed by atoms with Gasteiger partial charge in [-0.05, 0) is 128 Å². The number of benzene rings is 6. The summed E-state index contributed by atoms with van der Waals surface area (Å²) >= 11 is 3.54. The van der Waals surface area contributed by atoms with Gasteiger partial charge in [0.25, 0.3) is 0 Å². The van der Waals surface area contributed by atoms with Crippen LogP contribution in [0.25, 0.3) is 56.6 Å². The molecule has 0 aliphatic carbocycles. The first-order valence-corrected chi connectivity index (χ1v) is 15.2. The van der Waals surface area contributed by atoms with Crippen LogP contribution in [0.15, 0.2) is 119 Å². The van der Waals surface area contributed by atoms with Gasteiger partial charge in [0.15, 0.2) is 0 Å². The maximum absolute atomic E-state index is 2.32. The summed E-state index contributed by atoms with van der Waals surface area (Å²) in [7, 11) is 0. The van der Waals surface area contributed by atoms with E-state index < -0.39 is 0 Å². The molecule has 0 aliphatic rings. The number of hydrogen-bond donors (Lipinski definition) is 0. The van der Waals surface area contributed by atoms with Gasteiger partial charge in [0.2, 0.25) is 0 Å². The van der Waals surface area contributed by atoms with Crippen molar-refractivity contribution in [2.24, 2.45) is 0 Å². The Morgan fingerprint density at radius 1 is 0.342 bits per heavy atom. The molecule has 0 N–H and O–H groups in total. The van der Waals surface area contributed by atoms with Crippen molar-refractivity contribution in [3.63, 3.8) is 0 Å². The fourth-order valence-corrected chi connectivity index (χ4v) is 5.62. The van der Waals surface area contributed by atoms with Gasteiger partial charge in [0, 0.05) is 9.79 Å². The van der Waals surface area contributed by atoms with Crippen LogP contribution in [-0.4, -0.2) is 12.5 Å². The summed E-state index contributed by atoms with van der Waals surface area (Å²) in [5, 5.41) is 7.62. The van der Waals surface area contributed by atoms with E-state index in [1.54, 1.807) is 23.5 Å². The molecule has 0 amide bonds. The Bertz CT molecular complexity index is 1670. The van der Waals surface area contributed by atoms with Crippen molar-refractivity contribution in [1.29, 1.82) is 0 Å². The molecule has 0 atom stereocenters. The summed E-state index contributed by atoms with van der Waals surface area (Å²) in [4.78, 5) is 2.58. The van der Waals surface area contributed by atoms with Crippen molar-refractivity contribution in [2.75, 3.05) is 12.5 Å². The fraction of sp³-hybridized carbons (Fsp3) is 0.0556. The zero-order valence-corrected chi connectivity index (χ0v) is 23.2. The standard InChI is InChI=1S/C36H28S2/c1-37-35-15-9-25(10-16-35)3-5-27-7-13-29-21-34-24-32-20-28(6-4-26-11-17-36(38-2)18-12-26)8-14-30(32)22-33(34)23-31(29)19-27/h3-24H,1-2H3. The normalized spacial score (nSPS) is 11.9. The lowest BCUT2D eigenvalue weighted by Crippen LogP contribution is -1.82. The predicted molar refractivity (Wildman–Crippen MR) is 173 cm³/mol. The maximum Gasteiger partial charge on any atom is 0.00695 e. The highest BCUT2D eigenvalue weighted by molar-refractivity contribution is 7.98. The van der Waals surface area contributed by atoms with E-state index in [1.165, 1.54) is 64.4 Å². The Labute approximate surface area is 233 Å². The molecule has 0 aromatic heterocycles. The Kier molecular flexibility index (Phi) is 7.09. The Hall–Kier alpha value is -3.72. The number of hydrogen-bond acceptors (Lipinski definition) is 2. The first-order chi connectivity index (χ1) is 18.7. The van der Waals surface area contributed by atoms with Gasteiger partial charge in [0.05, 0.1) is 0 Å². The lowest BCUT2D eigenvalue weighted by molar-refractivity contribution is 1.45. The van der Waals surface area contributed by atoms with Gasteiger partial charge in [-0.1, -0.05) is 72.8 Å². The van der Waals surface area contributed by atoms with E-state index >= 15 is 0 Å². The summed E-state index contributed by atoms with van der Waals surface area (Å²) in [6.07, 6.45) is 13.0. The third-order valence-electron chi connectivity index (χ3n) is 6.97. The van der Waals surface area contributed by atoms with E-state index in [4.69, 9.17) is 0 Å². The van der Waals surface area contributed by atoms with Gasteiger partial charge >= 0.3 is 0 Å². The number of thioether (sulfide) groups is 2. The van der Waals surface area contributed by atoms with Crippen LogP contribution in [0.1, 0.15) is 22.3 Å². The highest BCUT2D eigenvalue weighted by Crippen LogP contribution is 2.29. The molecule has 0 saturated carbocycles. The van der Waals surface area contributed by atoms with E-state index in [2.05, 4.69) is 146 Å². The molecule has 6 rings (SSSR count). The molecule has 6 aromatic carbocycles. The third-order valence-corrected chi connectivity index (χ3v) is 8.45. The zero-order chi connectivity index (χ0) is 25.9. The second-order valence-corrected chi connectivity index (χ2v) is 11.2. The van der Waals surface area contributed by atoms with Crippen LogP contribution in [0.4, 0.5) is 0 Å². The van der Waals surface area contributed by atoms with Crippen LogP contribution in [0.5, 0.6) is 0 Å². The monoisotopic (exact) mass is 524 g/mol. The van der Waals surface area contributed by atoms with Crippen LogP contribution in [0, 0.1) is 0 Å². The highest BCUT2D eigenvalue weighted by atomic mass is 32.2. The SMILES string of the molecule is CSc1ccc(C=Cc2ccc3cc4cc5cc(C=Cc6ccc(SC)cc6)ccc5cc4cc3c2)cc1. The minimum absolute atomic E-state index is 1.21. The quantitative estimate of drug-likeness (QED) is 0.121. The van der Waals surface area contributed by atoms with Crippen molar-refractivity contribution in [3.8, 4) is 0 Å². The Balaban J connectivity index is 1.28. The Morgan fingerprint density at radius 3 is 1.05 bits per heavy atom. The van der Waals surface area contributed by atoms with Crippen molar-refractivity contribution in [1.82, 2.24) is 0 Å². The lowest BCUT2D eigenvalue weighted by Gasteiger charge is -2.07. The summed E-state index contributed by atoms with van der Waals surface area (Å²) in [6, 6.07) is 40.1. The van der Waals surface area contributed by atoms with Crippen molar-refractivity contribution in [2.45, 2.75) is 9.79 Å². The first kappa shape index (κ1) is 24.6. The molecule has 0 spiro atoms. The molecule has 0 fully saturated rings. The van der Waals surface area contributed by atoms with Crippen LogP contribution >= 0.6 is 23.5 Å². The minimum atomic E-state index is 1.21. The van der Waals surface area contributed by atoms with E-state index in [1.807, 2.05) is 0 Å². The van der Waals surface area contributed by atoms with Crippen molar-refractivity contribution < 1.29 is 0 Å². The van der Waals surface area contributed by atoms with Crippen molar-refractivity contribution in [3.05, 3.63) is 131 Å². The molecule has 0 bridgehead atoms. The number of fused-ring (bicyclic) bond motifs is 3. The van der Waals surface area contributed by atoms with Gasteiger partial charge in [-0.3, -0.25) is 0 Å². The Morgan fingerprint density at radius 2 is 0.658 bits per heavy atom. The molecular weight excluding hydrogens is 497 g/mol. The molecule has 0 heterocycles. The third kappa shape index (κ3) is 5.43. The summed E-state index contributed by atoms with van der Waals surface area (Å²) in [6.45, 7) is 0. The zero-order valence-electron chi connectivity index (χ0n) is 21.5. The average molecular weight is 525 g/mol. The van der Waals surface area contributed by atoms with Gasteiger partial charge in [-0.25, -0.2) is 0 Å².